The lowest BCUT2D eigenvalue weighted by molar-refractivity contribution is -0.132. The number of hydrogen-bond acceptors (Lipinski definition) is 5. The minimum absolute atomic E-state index is 0.0495. The number of aliphatic hydroxyl groups is 1. The Morgan fingerprint density at radius 1 is 1.15 bits per heavy atom. The van der Waals surface area contributed by atoms with Crippen molar-refractivity contribution < 1.29 is 32.6 Å². The van der Waals surface area contributed by atoms with Crippen molar-refractivity contribution in [2.75, 3.05) is 11.5 Å². The number of carbonyl (C=O) groups excluding carboxylic acids is 2. The van der Waals surface area contributed by atoms with Crippen LogP contribution in [0.4, 0.5) is 14.5 Å². The van der Waals surface area contributed by atoms with E-state index in [0.717, 1.165) is 17.0 Å². The predicted molar refractivity (Wildman–Crippen MR) is 117 cm³/mol. The number of ether oxygens (including phenoxy) is 1. The normalized spacial score (nSPS) is 17.6. The first-order chi connectivity index (χ1) is 15.7. The molecule has 4 rings (SSSR count). The van der Waals surface area contributed by atoms with Crippen LogP contribution in [0.15, 0.2) is 58.5 Å². The van der Waals surface area contributed by atoms with E-state index in [1.807, 2.05) is 0 Å². The number of aryl methyl sites for hydroxylation is 1. The number of halogens is 3. The third-order valence-corrected chi connectivity index (χ3v) is 5.48. The Kier molecular flexibility index (Phi) is 5.95. The number of aliphatic hydroxyl groups excluding tert-OH is 1. The largest absolute Gasteiger partial charge is 0.507 e. The zero-order valence-corrected chi connectivity index (χ0v) is 18.3. The first-order valence-electron chi connectivity index (χ1n) is 9.98. The Morgan fingerprint density at radius 3 is 2.55 bits per heavy atom. The van der Waals surface area contributed by atoms with Crippen molar-refractivity contribution in [3.05, 3.63) is 87.8 Å². The summed E-state index contributed by atoms with van der Waals surface area (Å²) in [4.78, 5) is 26.9. The number of furan rings is 1. The van der Waals surface area contributed by atoms with Gasteiger partial charge in [-0.15, -0.1) is 0 Å². The summed E-state index contributed by atoms with van der Waals surface area (Å²) in [5.74, 6) is -3.72. The molecule has 6 nitrogen and oxygen atoms in total. The summed E-state index contributed by atoms with van der Waals surface area (Å²) in [7, 11) is 0. The molecule has 1 unspecified atom stereocenters. The van der Waals surface area contributed by atoms with E-state index in [4.69, 9.17) is 20.8 Å². The van der Waals surface area contributed by atoms with Crippen LogP contribution in [0.2, 0.25) is 5.02 Å². The van der Waals surface area contributed by atoms with Gasteiger partial charge in [-0.1, -0.05) is 11.6 Å². The van der Waals surface area contributed by atoms with Crippen LogP contribution in [0, 0.1) is 18.6 Å². The molecular weight excluding hydrogens is 456 g/mol. The van der Waals surface area contributed by atoms with E-state index in [1.165, 1.54) is 18.2 Å². The first-order valence-corrected chi connectivity index (χ1v) is 10.4. The van der Waals surface area contributed by atoms with Crippen LogP contribution in [0.3, 0.4) is 0 Å². The maximum atomic E-state index is 14.7. The van der Waals surface area contributed by atoms with Crippen LogP contribution in [-0.4, -0.2) is 23.4 Å². The van der Waals surface area contributed by atoms with Crippen molar-refractivity contribution in [1.82, 2.24) is 0 Å². The van der Waals surface area contributed by atoms with E-state index in [9.17, 15) is 23.5 Å². The minimum atomic E-state index is -1.31. The molecule has 0 aliphatic carbocycles. The van der Waals surface area contributed by atoms with Gasteiger partial charge in [-0.3, -0.25) is 14.5 Å². The van der Waals surface area contributed by atoms with Crippen LogP contribution >= 0.6 is 11.6 Å². The van der Waals surface area contributed by atoms with E-state index in [2.05, 4.69) is 0 Å². The number of ketones is 1. The van der Waals surface area contributed by atoms with Crippen molar-refractivity contribution in [2.45, 2.75) is 19.9 Å². The number of benzene rings is 2. The average Bonchev–Trinajstić information content (AvgIpc) is 3.31. The molecule has 0 radical (unpaired) electrons. The second-order valence-corrected chi connectivity index (χ2v) is 7.70. The van der Waals surface area contributed by atoms with E-state index in [-0.39, 0.29) is 27.6 Å². The van der Waals surface area contributed by atoms with Crippen molar-refractivity contribution in [1.29, 1.82) is 0 Å². The summed E-state index contributed by atoms with van der Waals surface area (Å²) in [6.45, 7) is 3.77. The van der Waals surface area contributed by atoms with Crippen LogP contribution in [0.5, 0.6) is 5.75 Å². The lowest BCUT2D eigenvalue weighted by Crippen LogP contribution is -2.30. The molecule has 3 aromatic rings. The molecule has 1 amide bonds. The fourth-order valence-corrected chi connectivity index (χ4v) is 3.92. The number of carbonyl (C=O) groups is 2. The van der Waals surface area contributed by atoms with E-state index in [0.29, 0.717) is 24.2 Å². The van der Waals surface area contributed by atoms with Crippen molar-refractivity contribution >= 4 is 34.7 Å². The fraction of sp³-hybridized carbons (Fsp3) is 0.167. The lowest BCUT2D eigenvalue weighted by atomic mass is 9.99. The highest BCUT2D eigenvalue weighted by atomic mass is 35.5. The highest BCUT2D eigenvalue weighted by molar-refractivity contribution is 6.52. The van der Waals surface area contributed by atoms with Crippen LogP contribution < -0.4 is 9.64 Å². The van der Waals surface area contributed by atoms with Crippen LogP contribution in [-0.2, 0) is 9.59 Å². The molecule has 1 aliphatic heterocycles. The van der Waals surface area contributed by atoms with Gasteiger partial charge in [0.25, 0.3) is 11.7 Å². The molecule has 2 aromatic carbocycles. The molecule has 0 bridgehead atoms. The Morgan fingerprint density at radius 2 is 1.91 bits per heavy atom. The summed E-state index contributed by atoms with van der Waals surface area (Å²) in [6.07, 6.45) is 0. The molecule has 0 saturated carbocycles. The maximum absolute atomic E-state index is 14.7. The van der Waals surface area contributed by atoms with Gasteiger partial charge in [0.05, 0.1) is 22.9 Å². The smallest absolute Gasteiger partial charge is 0.300 e. The molecule has 1 N–H and O–H groups in total. The number of hydrogen-bond donors (Lipinski definition) is 1. The number of Topliss-reactive ketones (excluding diaryl/α,β-unsaturated/α-hetero) is 1. The SMILES string of the molecule is CCOc1ccc(Cl)c(/C(O)=C2/C(=O)C(=O)N(c3ccc(F)cc3F)C2c2ccc(C)o2)c1. The van der Waals surface area contributed by atoms with Gasteiger partial charge in [-0.05, 0) is 56.3 Å². The molecule has 33 heavy (non-hydrogen) atoms. The van der Waals surface area contributed by atoms with Crippen molar-refractivity contribution in [3.63, 3.8) is 0 Å². The summed E-state index contributed by atoms with van der Waals surface area (Å²) < 4.78 is 39.2. The standard InChI is InChI=1S/C24H18ClF2NO5/c1-3-32-14-6-7-16(25)15(11-14)22(29)20-21(19-9-4-12(2)33-19)28(24(31)23(20)30)18-8-5-13(26)10-17(18)27/h4-11,21,29H,3H2,1-2H3/b22-20-. The zero-order valence-electron chi connectivity index (χ0n) is 17.6. The molecule has 9 heteroatoms. The highest BCUT2D eigenvalue weighted by Gasteiger charge is 2.49. The summed E-state index contributed by atoms with van der Waals surface area (Å²) in [5.41, 5.74) is -0.645. The maximum Gasteiger partial charge on any atom is 0.300 e. The lowest BCUT2D eigenvalue weighted by Gasteiger charge is -2.24. The third kappa shape index (κ3) is 3.98. The number of nitrogens with zero attached hydrogens (tertiary/aromatic N) is 1. The second-order valence-electron chi connectivity index (χ2n) is 7.29. The predicted octanol–water partition coefficient (Wildman–Crippen LogP) is 5.54. The van der Waals surface area contributed by atoms with Crippen LogP contribution in [0.25, 0.3) is 5.76 Å². The van der Waals surface area contributed by atoms with Crippen molar-refractivity contribution in [3.8, 4) is 5.75 Å². The number of anilines is 1. The van der Waals surface area contributed by atoms with Gasteiger partial charge in [0, 0.05) is 11.6 Å². The molecule has 170 valence electrons. The van der Waals surface area contributed by atoms with Gasteiger partial charge in [-0.25, -0.2) is 8.78 Å². The Balaban J connectivity index is 1.96. The van der Waals surface area contributed by atoms with E-state index < -0.39 is 35.1 Å². The monoisotopic (exact) mass is 473 g/mol. The van der Waals surface area contributed by atoms with E-state index in [1.54, 1.807) is 26.0 Å². The molecule has 1 aliphatic rings. The summed E-state index contributed by atoms with van der Waals surface area (Å²) >= 11 is 6.26. The Bertz CT molecular complexity index is 1300. The van der Waals surface area contributed by atoms with E-state index >= 15 is 0 Å². The quantitative estimate of drug-likeness (QED) is 0.299. The topological polar surface area (TPSA) is 80.0 Å². The van der Waals surface area contributed by atoms with Gasteiger partial charge in [0.1, 0.15) is 40.7 Å². The zero-order chi connectivity index (χ0) is 23.9. The van der Waals surface area contributed by atoms with Crippen molar-refractivity contribution in [2.24, 2.45) is 0 Å². The summed E-state index contributed by atoms with van der Waals surface area (Å²) in [5, 5.41) is 11.2. The molecule has 1 aromatic heterocycles. The average molecular weight is 474 g/mol. The molecule has 2 heterocycles. The third-order valence-electron chi connectivity index (χ3n) is 5.15. The summed E-state index contributed by atoms with van der Waals surface area (Å²) in [6, 6.07) is 8.88. The van der Waals surface area contributed by atoms with Gasteiger partial charge >= 0.3 is 0 Å². The Labute approximate surface area is 192 Å². The molecule has 0 spiro atoms. The number of rotatable bonds is 5. The van der Waals surface area contributed by atoms with Gasteiger partial charge in [0.2, 0.25) is 0 Å². The minimum Gasteiger partial charge on any atom is -0.507 e. The number of amides is 1. The Hall–Kier alpha value is -3.65. The first kappa shape index (κ1) is 22.5. The molecule has 1 fully saturated rings. The van der Waals surface area contributed by atoms with Gasteiger partial charge < -0.3 is 14.3 Å². The van der Waals surface area contributed by atoms with Gasteiger partial charge in [-0.2, -0.15) is 0 Å². The molecular formula is C24H18ClF2NO5. The second kappa shape index (κ2) is 8.71. The molecule has 1 atom stereocenters. The highest BCUT2D eigenvalue weighted by Crippen LogP contribution is 2.44. The van der Waals surface area contributed by atoms with Crippen LogP contribution in [0.1, 0.15) is 30.0 Å². The molecule has 1 saturated heterocycles. The fourth-order valence-electron chi connectivity index (χ4n) is 3.71. The van der Waals surface area contributed by atoms with Gasteiger partial charge in [0.15, 0.2) is 0 Å².